The number of hydrogen-bond acceptors (Lipinski definition) is 4. The second kappa shape index (κ2) is 7.84. The summed E-state index contributed by atoms with van der Waals surface area (Å²) in [5, 5.41) is 1.11. The van der Waals surface area contributed by atoms with Gasteiger partial charge in [-0.1, -0.05) is 30.3 Å². The summed E-state index contributed by atoms with van der Waals surface area (Å²) in [6.45, 7) is 2.40. The lowest BCUT2D eigenvalue weighted by atomic mass is 10.1. The van der Waals surface area contributed by atoms with Gasteiger partial charge in [0, 0.05) is 24.8 Å². The van der Waals surface area contributed by atoms with E-state index < -0.39 is 0 Å². The molecule has 1 unspecified atom stereocenters. The average Bonchev–Trinajstić information content (AvgIpc) is 3.23. The molecule has 5 heteroatoms. The Morgan fingerprint density at radius 1 is 1.11 bits per heavy atom. The molecule has 1 fully saturated rings. The number of para-hydroxylation sites is 1. The predicted octanol–water partition coefficient (Wildman–Crippen LogP) is 3.43. The topological polar surface area (TPSA) is 49.3 Å². The largest absolute Gasteiger partial charge is 0.338 e. The Kier molecular flexibility index (Phi) is 5.12. The molecule has 2 aromatic heterocycles. The first-order valence-corrected chi connectivity index (χ1v) is 9.46. The number of likely N-dealkylation sites (tertiary alicyclic amines) is 1. The molecular weight excluding hydrogens is 336 g/mol. The third kappa shape index (κ3) is 3.83. The molecule has 1 aliphatic rings. The van der Waals surface area contributed by atoms with Gasteiger partial charge in [0.25, 0.3) is 0 Å². The van der Waals surface area contributed by atoms with Crippen LogP contribution in [0.2, 0.25) is 0 Å². The second-order valence-electron chi connectivity index (χ2n) is 7.12. The van der Waals surface area contributed by atoms with Crippen LogP contribution in [0, 0.1) is 0 Å². The average molecular weight is 360 g/mol. The number of pyridine rings is 2. The van der Waals surface area contributed by atoms with Gasteiger partial charge in [-0.25, -0.2) is 0 Å². The summed E-state index contributed by atoms with van der Waals surface area (Å²) in [5.41, 5.74) is 2.82. The molecule has 0 aliphatic carbocycles. The minimum Gasteiger partial charge on any atom is -0.338 e. The third-order valence-electron chi connectivity index (χ3n) is 5.17. The molecule has 0 saturated carbocycles. The molecule has 3 aromatic rings. The van der Waals surface area contributed by atoms with Gasteiger partial charge in [-0.15, -0.1) is 0 Å². The summed E-state index contributed by atoms with van der Waals surface area (Å²) >= 11 is 0. The number of carbonyl (C=O) groups excluding carboxylic acids is 1. The summed E-state index contributed by atoms with van der Waals surface area (Å²) in [6.07, 6.45) is 5.83. The maximum Gasteiger partial charge on any atom is 0.244 e. The molecule has 138 valence electrons. The van der Waals surface area contributed by atoms with Crippen LogP contribution in [-0.4, -0.2) is 45.8 Å². The smallest absolute Gasteiger partial charge is 0.244 e. The van der Waals surface area contributed by atoms with Crippen LogP contribution in [0.5, 0.6) is 0 Å². The summed E-state index contributed by atoms with van der Waals surface area (Å²) < 4.78 is 0. The van der Waals surface area contributed by atoms with Crippen LogP contribution in [0.4, 0.5) is 0 Å². The summed E-state index contributed by atoms with van der Waals surface area (Å²) in [7, 11) is 1.86. The number of nitrogens with zero attached hydrogens (tertiary/aromatic N) is 4. The van der Waals surface area contributed by atoms with Gasteiger partial charge in [0.15, 0.2) is 0 Å². The van der Waals surface area contributed by atoms with E-state index in [1.807, 2.05) is 55.7 Å². The van der Waals surface area contributed by atoms with Gasteiger partial charge >= 0.3 is 0 Å². The number of likely N-dealkylation sites (N-methyl/N-ethyl adjacent to an activating group) is 1. The fourth-order valence-electron chi connectivity index (χ4n) is 3.77. The van der Waals surface area contributed by atoms with Crippen molar-refractivity contribution in [2.45, 2.75) is 25.4 Å². The molecule has 27 heavy (non-hydrogen) atoms. The molecule has 1 amide bonds. The fraction of sp³-hybridized carbons (Fsp3) is 0.318. The van der Waals surface area contributed by atoms with Crippen LogP contribution in [0.3, 0.4) is 0 Å². The molecular formula is C22H24N4O. The van der Waals surface area contributed by atoms with Gasteiger partial charge in [0.2, 0.25) is 5.91 Å². The van der Waals surface area contributed by atoms with Crippen molar-refractivity contribution in [1.82, 2.24) is 19.8 Å². The lowest BCUT2D eigenvalue weighted by Gasteiger charge is -2.30. The van der Waals surface area contributed by atoms with E-state index in [0.29, 0.717) is 6.54 Å². The van der Waals surface area contributed by atoms with E-state index in [9.17, 15) is 4.79 Å². The van der Waals surface area contributed by atoms with Crippen molar-refractivity contribution in [3.63, 3.8) is 0 Å². The van der Waals surface area contributed by atoms with Crippen molar-refractivity contribution in [2.24, 2.45) is 0 Å². The number of benzene rings is 1. The lowest BCUT2D eigenvalue weighted by molar-refractivity contribution is -0.136. The van der Waals surface area contributed by atoms with E-state index in [1.165, 1.54) is 0 Å². The fourth-order valence-corrected chi connectivity index (χ4v) is 3.77. The summed E-state index contributed by atoms with van der Waals surface area (Å²) in [6, 6.07) is 15.7. The maximum absolute atomic E-state index is 13.3. The highest BCUT2D eigenvalue weighted by molar-refractivity contribution is 5.83. The highest BCUT2D eigenvalue weighted by atomic mass is 16.2. The number of amides is 1. The summed E-state index contributed by atoms with van der Waals surface area (Å²) in [4.78, 5) is 26.3. The van der Waals surface area contributed by atoms with Gasteiger partial charge in [-0.3, -0.25) is 19.7 Å². The highest BCUT2D eigenvalue weighted by Gasteiger charge is 2.32. The summed E-state index contributed by atoms with van der Waals surface area (Å²) in [5.74, 6) is 0.0971. The minimum atomic E-state index is -0.272. The molecule has 1 saturated heterocycles. The zero-order chi connectivity index (χ0) is 18.6. The van der Waals surface area contributed by atoms with Crippen LogP contribution >= 0.6 is 0 Å². The van der Waals surface area contributed by atoms with Crippen LogP contribution in [0.25, 0.3) is 10.9 Å². The first-order chi connectivity index (χ1) is 13.2. The molecule has 3 heterocycles. The van der Waals surface area contributed by atoms with Crippen LogP contribution in [-0.2, 0) is 11.3 Å². The normalized spacial score (nSPS) is 15.7. The van der Waals surface area contributed by atoms with Crippen molar-refractivity contribution in [3.05, 3.63) is 72.2 Å². The zero-order valence-corrected chi connectivity index (χ0v) is 15.6. The number of fused-ring (bicyclic) bond motifs is 1. The molecule has 5 nitrogen and oxygen atoms in total. The van der Waals surface area contributed by atoms with E-state index >= 15 is 0 Å². The SMILES string of the molecule is CN(Cc1ccc2ccccc2n1)C(=O)C(c1cccnc1)N1CCCC1. The Hall–Kier alpha value is -2.79. The Morgan fingerprint density at radius 3 is 2.70 bits per heavy atom. The molecule has 1 aromatic carbocycles. The molecule has 0 radical (unpaired) electrons. The zero-order valence-electron chi connectivity index (χ0n) is 15.6. The molecule has 0 spiro atoms. The van der Waals surface area contributed by atoms with E-state index in [1.54, 1.807) is 11.1 Å². The van der Waals surface area contributed by atoms with E-state index in [-0.39, 0.29) is 11.9 Å². The molecule has 4 rings (SSSR count). The van der Waals surface area contributed by atoms with Gasteiger partial charge in [0.05, 0.1) is 17.8 Å². The molecule has 0 N–H and O–H groups in total. The Balaban J connectivity index is 1.56. The first-order valence-electron chi connectivity index (χ1n) is 9.46. The monoisotopic (exact) mass is 360 g/mol. The standard InChI is InChI=1S/C22H24N4O/c1-25(16-19-11-10-17-7-2-3-9-20(17)24-19)22(27)21(26-13-4-5-14-26)18-8-6-12-23-15-18/h2-3,6-12,15,21H,4-5,13-14,16H2,1H3. The van der Waals surface area contributed by atoms with E-state index in [4.69, 9.17) is 4.98 Å². The first kappa shape index (κ1) is 17.6. The third-order valence-corrected chi connectivity index (χ3v) is 5.17. The molecule has 0 bridgehead atoms. The highest BCUT2D eigenvalue weighted by Crippen LogP contribution is 2.27. The molecule has 1 aliphatic heterocycles. The van der Waals surface area contributed by atoms with Crippen molar-refractivity contribution < 1.29 is 4.79 Å². The number of aromatic nitrogens is 2. The van der Waals surface area contributed by atoms with E-state index in [0.717, 1.165) is 48.1 Å². The number of rotatable bonds is 5. The van der Waals surface area contributed by atoms with Gasteiger partial charge in [0.1, 0.15) is 6.04 Å². The Labute approximate surface area is 159 Å². The predicted molar refractivity (Wildman–Crippen MR) is 106 cm³/mol. The van der Waals surface area contributed by atoms with Crippen LogP contribution in [0.1, 0.15) is 30.1 Å². The number of hydrogen-bond donors (Lipinski definition) is 0. The minimum absolute atomic E-state index is 0.0971. The van der Waals surface area contributed by atoms with Crippen molar-refractivity contribution in [2.75, 3.05) is 20.1 Å². The Bertz CT molecular complexity index is 922. The maximum atomic E-state index is 13.3. The van der Waals surface area contributed by atoms with E-state index in [2.05, 4.69) is 16.0 Å². The quantitative estimate of drug-likeness (QED) is 0.699. The lowest BCUT2D eigenvalue weighted by Crippen LogP contribution is -2.40. The van der Waals surface area contributed by atoms with Gasteiger partial charge in [-0.05, 0) is 49.7 Å². The van der Waals surface area contributed by atoms with Crippen molar-refractivity contribution in [3.8, 4) is 0 Å². The molecule has 1 atom stereocenters. The van der Waals surface area contributed by atoms with Crippen molar-refractivity contribution in [1.29, 1.82) is 0 Å². The van der Waals surface area contributed by atoms with Crippen LogP contribution in [0.15, 0.2) is 60.9 Å². The van der Waals surface area contributed by atoms with Gasteiger partial charge in [-0.2, -0.15) is 0 Å². The second-order valence-corrected chi connectivity index (χ2v) is 7.12. The Morgan fingerprint density at radius 2 is 1.93 bits per heavy atom. The van der Waals surface area contributed by atoms with Gasteiger partial charge < -0.3 is 4.90 Å². The van der Waals surface area contributed by atoms with Crippen LogP contribution < -0.4 is 0 Å². The number of carbonyl (C=O) groups is 1. The van der Waals surface area contributed by atoms with Crippen molar-refractivity contribution >= 4 is 16.8 Å².